The van der Waals surface area contributed by atoms with Gasteiger partial charge in [-0.1, -0.05) is 0 Å². The minimum Gasteiger partial charge on any atom is -0.365 e. The van der Waals surface area contributed by atoms with Crippen molar-refractivity contribution in [2.24, 2.45) is 0 Å². The van der Waals surface area contributed by atoms with E-state index in [1.807, 2.05) is 0 Å². The van der Waals surface area contributed by atoms with Crippen LogP contribution in [0.4, 0.5) is 14.5 Å². The Morgan fingerprint density at radius 1 is 1.15 bits per heavy atom. The summed E-state index contributed by atoms with van der Waals surface area (Å²) in [6.07, 6.45) is 1.40. The fraction of sp³-hybridized carbons (Fsp3) is 0.286. The summed E-state index contributed by atoms with van der Waals surface area (Å²) in [5, 5.41) is 0.0848. The van der Waals surface area contributed by atoms with E-state index in [9.17, 15) is 13.6 Å². The van der Waals surface area contributed by atoms with E-state index in [4.69, 9.17) is 0 Å². The van der Waals surface area contributed by atoms with Crippen LogP contribution in [-0.2, 0) is 4.79 Å². The van der Waals surface area contributed by atoms with Crippen LogP contribution >= 0.6 is 0 Å². The van der Waals surface area contributed by atoms with Crippen LogP contribution in [-0.4, -0.2) is 43.5 Å². The standard InChI is InChI=1S/C14H15F2N3O/c1-18(2)12(20)8-19(3)11-6-7-17-14-10(16)5-4-9(15)13(11)14/h4-7H,8H2,1-3H3. The van der Waals surface area contributed by atoms with Gasteiger partial charge in [-0.2, -0.15) is 0 Å². The van der Waals surface area contributed by atoms with E-state index in [0.717, 1.165) is 12.1 Å². The largest absolute Gasteiger partial charge is 0.365 e. The average Bonchev–Trinajstić information content (AvgIpc) is 2.42. The first-order chi connectivity index (χ1) is 9.41. The molecule has 0 bridgehead atoms. The molecule has 0 aliphatic rings. The van der Waals surface area contributed by atoms with Crippen LogP contribution in [0.5, 0.6) is 0 Å². The number of pyridine rings is 1. The first kappa shape index (κ1) is 14.2. The molecule has 0 aliphatic carbocycles. The smallest absolute Gasteiger partial charge is 0.241 e. The van der Waals surface area contributed by atoms with Crippen LogP contribution in [0.2, 0.25) is 0 Å². The van der Waals surface area contributed by atoms with Crippen LogP contribution in [0.25, 0.3) is 10.9 Å². The topological polar surface area (TPSA) is 36.4 Å². The molecule has 0 atom stereocenters. The summed E-state index contributed by atoms with van der Waals surface area (Å²) in [5.41, 5.74) is 0.397. The Bertz CT molecular complexity index is 658. The molecule has 0 spiro atoms. The van der Waals surface area contributed by atoms with Gasteiger partial charge in [0.05, 0.1) is 17.6 Å². The van der Waals surface area contributed by atoms with Crippen molar-refractivity contribution in [3.63, 3.8) is 0 Å². The number of carbonyl (C=O) groups excluding carboxylic acids is 1. The number of aromatic nitrogens is 1. The van der Waals surface area contributed by atoms with Crippen LogP contribution in [0, 0.1) is 11.6 Å². The molecule has 0 saturated carbocycles. The highest BCUT2D eigenvalue weighted by Crippen LogP contribution is 2.28. The van der Waals surface area contributed by atoms with Crippen molar-refractivity contribution in [3.05, 3.63) is 36.0 Å². The zero-order chi connectivity index (χ0) is 14.9. The van der Waals surface area contributed by atoms with Crippen LogP contribution in [0.3, 0.4) is 0 Å². The molecule has 0 fully saturated rings. The molecule has 20 heavy (non-hydrogen) atoms. The normalized spacial score (nSPS) is 10.7. The highest BCUT2D eigenvalue weighted by Gasteiger charge is 2.16. The number of hydrogen-bond acceptors (Lipinski definition) is 3. The molecule has 6 heteroatoms. The maximum Gasteiger partial charge on any atom is 0.241 e. The Balaban J connectivity index is 2.49. The van der Waals surface area contributed by atoms with E-state index in [2.05, 4.69) is 4.98 Å². The molecule has 0 N–H and O–H groups in total. The molecule has 2 rings (SSSR count). The van der Waals surface area contributed by atoms with Crippen molar-refractivity contribution in [1.29, 1.82) is 0 Å². The summed E-state index contributed by atoms with van der Waals surface area (Å²) >= 11 is 0. The van der Waals surface area contributed by atoms with Crippen molar-refractivity contribution in [2.75, 3.05) is 32.6 Å². The molecule has 1 heterocycles. The number of halogens is 2. The maximum atomic E-state index is 14.0. The number of rotatable bonds is 3. The molecule has 1 amide bonds. The number of nitrogens with zero attached hydrogens (tertiary/aromatic N) is 3. The third kappa shape index (κ3) is 2.54. The van der Waals surface area contributed by atoms with Gasteiger partial charge in [0.2, 0.25) is 5.91 Å². The zero-order valence-electron chi connectivity index (χ0n) is 11.5. The summed E-state index contributed by atoms with van der Waals surface area (Å²) in [7, 11) is 4.93. The van der Waals surface area contributed by atoms with E-state index in [1.54, 1.807) is 32.1 Å². The Kier molecular flexibility index (Phi) is 3.83. The summed E-state index contributed by atoms with van der Waals surface area (Å²) in [5.74, 6) is -1.28. The molecule has 2 aromatic rings. The number of carbonyl (C=O) groups is 1. The predicted molar refractivity (Wildman–Crippen MR) is 73.6 cm³/mol. The summed E-state index contributed by atoms with van der Waals surface area (Å²) < 4.78 is 27.6. The molecule has 0 unspecified atom stereocenters. The van der Waals surface area contributed by atoms with Gasteiger partial charge in [0.25, 0.3) is 0 Å². The lowest BCUT2D eigenvalue weighted by atomic mass is 10.1. The minimum atomic E-state index is -0.587. The SMILES string of the molecule is CN(C)C(=O)CN(C)c1ccnc2c(F)ccc(F)c12. The number of likely N-dealkylation sites (N-methyl/N-ethyl adjacent to an activating group) is 2. The van der Waals surface area contributed by atoms with E-state index in [0.29, 0.717) is 5.69 Å². The van der Waals surface area contributed by atoms with Crippen molar-refractivity contribution >= 4 is 22.5 Å². The summed E-state index contributed by atoms with van der Waals surface area (Å²) in [6.45, 7) is 0.0715. The Hall–Kier alpha value is -2.24. The predicted octanol–water partition coefficient (Wildman–Crippen LogP) is 2.04. The highest BCUT2D eigenvalue weighted by atomic mass is 19.1. The van der Waals surface area contributed by atoms with Gasteiger partial charge in [-0.3, -0.25) is 9.78 Å². The Morgan fingerprint density at radius 3 is 2.45 bits per heavy atom. The first-order valence-corrected chi connectivity index (χ1v) is 6.06. The summed E-state index contributed by atoms with van der Waals surface area (Å²) in [4.78, 5) is 18.6. The van der Waals surface area contributed by atoms with Gasteiger partial charge in [-0.25, -0.2) is 8.78 Å². The Morgan fingerprint density at radius 2 is 1.80 bits per heavy atom. The molecule has 0 saturated heterocycles. The van der Waals surface area contributed by atoms with E-state index in [-0.39, 0.29) is 23.4 Å². The number of benzene rings is 1. The highest BCUT2D eigenvalue weighted by molar-refractivity contribution is 5.94. The molecule has 4 nitrogen and oxygen atoms in total. The monoisotopic (exact) mass is 279 g/mol. The molecular weight excluding hydrogens is 264 g/mol. The fourth-order valence-electron chi connectivity index (χ4n) is 1.92. The lowest BCUT2D eigenvalue weighted by Crippen LogP contribution is -2.34. The van der Waals surface area contributed by atoms with Crippen LogP contribution < -0.4 is 4.90 Å². The minimum absolute atomic E-state index is 0.0355. The van der Waals surface area contributed by atoms with Crippen molar-refractivity contribution in [3.8, 4) is 0 Å². The van der Waals surface area contributed by atoms with Gasteiger partial charge >= 0.3 is 0 Å². The third-order valence-corrected chi connectivity index (χ3v) is 3.05. The lowest BCUT2D eigenvalue weighted by molar-refractivity contribution is -0.127. The maximum absolute atomic E-state index is 14.0. The van der Waals surface area contributed by atoms with Gasteiger partial charge in [0.1, 0.15) is 17.2 Å². The van der Waals surface area contributed by atoms with E-state index >= 15 is 0 Å². The molecular formula is C14H15F2N3O. The molecule has 1 aromatic heterocycles. The zero-order valence-corrected chi connectivity index (χ0v) is 11.5. The quantitative estimate of drug-likeness (QED) is 0.862. The van der Waals surface area contributed by atoms with Gasteiger partial charge in [0.15, 0.2) is 0 Å². The van der Waals surface area contributed by atoms with Gasteiger partial charge in [-0.05, 0) is 18.2 Å². The number of hydrogen-bond donors (Lipinski definition) is 0. The Labute approximate surface area is 115 Å². The summed E-state index contributed by atoms with van der Waals surface area (Å²) in [6, 6.07) is 3.66. The first-order valence-electron chi connectivity index (χ1n) is 6.06. The second-order valence-corrected chi connectivity index (χ2v) is 4.73. The van der Waals surface area contributed by atoms with Crippen molar-refractivity contribution in [1.82, 2.24) is 9.88 Å². The van der Waals surface area contributed by atoms with Gasteiger partial charge in [-0.15, -0.1) is 0 Å². The molecule has 0 radical (unpaired) electrons. The van der Waals surface area contributed by atoms with Gasteiger partial charge in [0, 0.05) is 27.3 Å². The number of amides is 1. The van der Waals surface area contributed by atoms with E-state index in [1.165, 1.54) is 11.1 Å². The average molecular weight is 279 g/mol. The fourth-order valence-corrected chi connectivity index (χ4v) is 1.92. The number of anilines is 1. The molecule has 106 valence electrons. The third-order valence-electron chi connectivity index (χ3n) is 3.05. The number of fused-ring (bicyclic) bond motifs is 1. The van der Waals surface area contributed by atoms with Crippen molar-refractivity contribution in [2.45, 2.75) is 0 Å². The molecule has 0 aliphatic heterocycles. The van der Waals surface area contributed by atoms with Crippen LogP contribution in [0.15, 0.2) is 24.4 Å². The molecule has 1 aromatic carbocycles. The van der Waals surface area contributed by atoms with Crippen LogP contribution in [0.1, 0.15) is 0 Å². The van der Waals surface area contributed by atoms with E-state index < -0.39 is 11.6 Å². The second-order valence-electron chi connectivity index (χ2n) is 4.73. The second kappa shape index (κ2) is 5.40. The lowest BCUT2D eigenvalue weighted by Gasteiger charge is -2.22. The van der Waals surface area contributed by atoms with Gasteiger partial charge < -0.3 is 9.80 Å². The van der Waals surface area contributed by atoms with Crippen molar-refractivity contribution < 1.29 is 13.6 Å².